The smallest absolute Gasteiger partial charge is 0.306 e. The molecule has 0 amide bonds. The molecule has 0 fully saturated rings. The first-order valence-corrected chi connectivity index (χ1v) is 8.99. The van der Waals surface area contributed by atoms with E-state index in [9.17, 15) is 14.4 Å². The molecule has 0 aliphatic carbocycles. The number of aromatic nitrogens is 1. The van der Waals surface area contributed by atoms with Crippen molar-refractivity contribution in [1.29, 1.82) is 0 Å². The number of carbonyl (C=O) groups excluding carboxylic acids is 3. The van der Waals surface area contributed by atoms with Gasteiger partial charge in [0.25, 0.3) is 0 Å². The molecule has 0 aliphatic heterocycles. The third-order valence-corrected chi connectivity index (χ3v) is 4.04. The fourth-order valence-electron chi connectivity index (χ4n) is 2.86. The van der Waals surface area contributed by atoms with E-state index in [0.29, 0.717) is 38.2 Å². The van der Waals surface area contributed by atoms with E-state index in [2.05, 4.69) is 0 Å². The summed E-state index contributed by atoms with van der Waals surface area (Å²) in [7, 11) is 0. The SMILES string of the molecule is CCOC(=O)CCCn1cc(C(=O)CCC(=O)OCC)c2ccccc21. The van der Waals surface area contributed by atoms with Crippen LogP contribution in [0.5, 0.6) is 0 Å². The summed E-state index contributed by atoms with van der Waals surface area (Å²) in [5.41, 5.74) is 1.54. The Labute approximate surface area is 153 Å². The average molecular weight is 359 g/mol. The van der Waals surface area contributed by atoms with Gasteiger partial charge in [-0.3, -0.25) is 14.4 Å². The standard InChI is InChI=1S/C20H25NO5/c1-3-25-19(23)10-7-13-21-14-16(15-8-5-6-9-17(15)21)18(22)11-12-20(24)26-4-2/h5-6,8-9,14H,3-4,7,10-13H2,1-2H3. The van der Waals surface area contributed by atoms with E-state index in [1.807, 2.05) is 35.0 Å². The Morgan fingerprint density at radius 2 is 1.58 bits per heavy atom. The molecule has 6 nitrogen and oxygen atoms in total. The van der Waals surface area contributed by atoms with Crippen molar-refractivity contribution in [2.75, 3.05) is 13.2 Å². The van der Waals surface area contributed by atoms with E-state index >= 15 is 0 Å². The number of nitrogens with zero attached hydrogens (tertiary/aromatic N) is 1. The van der Waals surface area contributed by atoms with Crippen molar-refractivity contribution in [2.45, 2.75) is 46.1 Å². The second-order valence-corrected chi connectivity index (χ2v) is 5.89. The first-order valence-electron chi connectivity index (χ1n) is 8.99. The molecule has 26 heavy (non-hydrogen) atoms. The number of Topliss-reactive ketones (excluding diaryl/α,β-unsaturated/α-hetero) is 1. The monoisotopic (exact) mass is 359 g/mol. The van der Waals surface area contributed by atoms with Gasteiger partial charge in [0.2, 0.25) is 0 Å². The van der Waals surface area contributed by atoms with Crippen LogP contribution < -0.4 is 0 Å². The van der Waals surface area contributed by atoms with Gasteiger partial charge in [0.05, 0.1) is 19.6 Å². The maximum absolute atomic E-state index is 12.6. The first kappa shape index (κ1) is 19.7. The van der Waals surface area contributed by atoms with Gasteiger partial charge < -0.3 is 14.0 Å². The minimum atomic E-state index is -0.362. The van der Waals surface area contributed by atoms with Crippen LogP contribution in [0.25, 0.3) is 10.9 Å². The number of ether oxygens (including phenoxy) is 2. The Balaban J connectivity index is 2.09. The second-order valence-electron chi connectivity index (χ2n) is 5.89. The van der Waals surface area contributed by atoms with Gasteiger partial charge in [-0.15, -0.1) is 0 Å². The van der Waals surface area contributed by atoms with Crippen molar-refractivity contribution < 1.29 is 23.9 Å². The molecule has 1 aromatic carbocycles. The number of rotatable bonds is 10. The second kappa shape index (κ2) is 9.75. The summed E-state index contributed by atoms with van der Waals surface area (Å²) in [4.78, 5) is 35.5. The van der Waals surface area contributed by atoms with Crippen molar-refractivity contribution in [1.82, 2.24) is 4.57 Å². The van der Waals surface area contributed by atoms with E-state index < -0.39 is 0 Å². The van der Waals surface area contributed by atoms with Gasteiger partial charge in [-0.1, -0.05) is 18.2 Å². The largest absolute Gasteiger partial charge is 0.466 e. The van der Waals surface area contributed by atoms with E-state index in [0.717, 1.165) is 10.9 Å². The minimum Gasteiger partial charge on any atom is -0.466 e. The summed E-state index contributed by atoms with van der Waals surface area (Å²) in [5.74, 6) is -0.660. The Bertz CT molecular complexity index is 778. The molecule has 0 spiro atoms. The number of para-hydroxylation sites is 1. The lowest BCUT2D eigenvalue weighted by atomic mass is 10.1. The highest BCUT2D eigenvalue weighted by atomic mass is 16.5. The van der Waals surface area contributed by atoms with Crippen LogP contribution in [-0.2, 0) is 25.6 Å². The lowest BCUT2D eigenvalue weighted by Crippen LogP contribution is -2.08. The number of esters is 2. The first-order chi connectivity index (χ1) is 12.6. The molecule has 0 saturated carbocycles. The minimum absolute atomic E-state index is 0.0784. The summed E-state index contributed by atoms with van der Waals surface area (Å²) >= 11 is 0. The molecule has 0 aliphatic rings. The molecule has 0 N–H and O–H groups in total. The molecule has 2 rings (SSSR count). The van der Waals surface area contributed by atoms with Crippen LogP contribution in [0.2, 0.25) is 0 Å². The van der Waals surface area contributed by atoms with E-state index in [1.165, 1.54) is 0 Å². The highest BCUT2D eigenvalue weighted by Crippen LogP contribution is 2.23. The highest BCUT2D eigenvalue weighted by molar-refractivity contribution is 6.08. The maximum Gasteiger partial charge on any atom is 0.306 e. The van der Waals surface area contributed by atoms with E-state index in [-0.39, 0.29) is 30.6 Å². The quantitative estimate of drug-likeness (QED) is 0.479. The lowest BCUT2D eigenvalue weighted by Gasteiger charge is -2.05. The Kier molecular flexibility index (Phi) is 7.38. The van der Waals surface area contributed by atoms with Gasteiger partial charge in [0, 0.05) is 42.0 Å². The lowest BCUT2D eigenvalue weighted by molar-refractivity contribution is -0.144. The number of hydrogen-bond acceptors (Lipinski definition) is 5. The summed E-state index contributed by atoms with van der Waals surface area (Å²) in [6.45, 7) is 4.83. The van der Waals surface area contributed by atoms with Gasteiger partial charge in [-0.2, -0.15) is 0 Å². The van der Waals surface area contributed by atoms with Crippen LogP contribution in [0.3, 0.4) is 0 Å². The Morgan fingerprint density at radius 3 is 2.27 bits per heavy atom. The van der Waals surface area contributed by atoms with Crippen LogP contribution in [0, 0.1) is 0 Å². The molecule has 6 heteroatoms. The molecule has 0 atom stereocenters. The van der Waals surface area contributed by atoms with Crippen molar-refractivity contribution in [3.8, 4) is 0 Å². The maximum atomic E-state index is 12.6. The molecule has 0 saturated heterocycles. The number of aryl methyl sites for hydroxylation is 1. The van der Waals surface area contributed by atoms with Gasteiger partial charge in [0.1, 0.15) is 0 Å². The molecule has 0 radical (unpaired) electrons. The molecule has 0 unspecified atom stereocenters. The van der Waals surface area contributed by atoms with Gasteiger partial charge in [-0.25, -0.2) is 0 Å². The third kappa shape index (κ3) is 5.18. The van der Waals surface area contributed by atoms with Crippen molar-refractivity contribution in [3.05, 3.63) is 36.0 Å². The number of carbonyl (C=O) groups is 3. The van der Waals surface area contributed by atoms with Crippen LogP contribution >= 0.6 is 0 Å². The molecule has 0 bridgehead atoms. The van der Waals surface area contributed by atoms with Crippen molar-refractivity contribution in [2.24, 2.45) is 0 Å². The number of benzene rings is 1. The van der Waals surface area contributed by atoms with E-state index in [4.69, 9.17) is 9.47 Å². The van der Waals surface area contributed by atoms with Crippen LogP contribution in [0.1, 0.15) is 49.9 Å². The average Bonchev–Trinajstić information content (AvgIpc) is 2.99. The van der Waals surface area contributed by atoms with Gasteiger partial charge in [0.15, 0.2) is 5.78 Å². The zero-order valence-corrected chi connectivity index (χ0v) is 15.3. The molecular weight excluding hydrogens is 334 g/mol. The predicted molar refractivity (Wildman–Crippen MR) is 98.0 cm³/mol. The normalized spacial score (nSPS) is 10.7. The highest BCUT2D eigenvalue weighted by Gasteiger charge is 2.16. The number of ketones is 1. The molecule has 1 aromatic heterocycles. The van der Waals surface area contributed by atoms with Crippen LogP contribution in [0.4, 0.5) is 0 Å². The van der Waals surface area contributed by atoms with E-state index in [1.54, 1.807) is 13.8 Å². The molecular formula is C20H25NO5. The summed E-state index contributed by atoms with van der Waals surface area (Å²) < 4.78 is 11.8. The topological polar surface area (TPSA) is 74.6 Å². The Morgan fingerprint density at radius 1 is 0.923 bits per heavy atom. The van der Waals surface area contributed by atoms with Crippen LogP contribution in [-0.4, -0.2) is 35.5 Å². The summed E-state index contributed by atoms with van der Waals surface area (Å²) in [6.07, 6.45) is 2.98. The zero-order valence-electron chi connectivity index (χ0n) is 15.3. The number of hydrogen-bond donors (Lipinski definition) is 0. The fourth-order valence-corrected chi connectivity index (χ4v) is 2.86. The molecule has 1 heterocycles. The fraction of sp³-hybridized carbons (Fsp3) is 0.450. The van der Waals surface area contributed by atoms with Crippen molar-refractivity contribution >= 4 is 28.6 Å². The summed E-state index contributed by atoms with van der Waals surface area (Å²) in [5, 5.41) is 0.859. The summed E-state index contributed by atoms with van der Waals surface area (Å²) in [6, 6.07) is 7.64. The molecule has 2 aromatic rings. The zero-order chi connectivity index (χ0) is 18.9. The predicted octanol–water partition coefficient (Wildman–Crippen LogP) is 3.51. The van der Waals surface area contributed by atoms with Gasteiger partial charge in [-0.05, 0) is 26.3 Å². The Hall–Kier alpha value is -2.63. The van der Waals surface area contributed by atoms with Crippen LogP contribution in [0.15, 0.2) is 30.5 Å². The number of fused-ring (bicyclic) bond motifs is 1. The van der Waals surface area contributed by atoms with Gasteiger partial charge >= 0.3 is 11.9 Å². The third-order valence-electron chi connectivity index (χ3n) is 4.04. The van der Waals surface area contributed by atoms with Crippen molar-refractivity contribution in [3.63, 3.8) is 0 Å². The molecule has 140 valence electrons.